The van der Waals surface area contributed by atoms with Crippen LogP contribution in [0.15, 0.2) is 53.4 Å². The van der Waals surface area contributed by atoms with Crippen LogP contribution in [0.25, 0.3) is 0 Å². The Hall–Kier alpha value is -2.73. The van der Waals surface area contributed by atoms with Crippen molar-refractivity contribution in [2.24, 2.45) is 5.92 Å². The van der Waals surface area contributed by atoms with Gasteiger partial charge in [-0.25, -0.2) is 8.42 Å². The molecule has 0 radical (unpaired) electrons. The number of rotatable bonds is 7. The van der Waals surface area contributed by atoms with Gasteiger partial charge >= 0.3 is 0 Å². The van der Waals surface area contributed by atoms with Crippen LogP contribution >= 0.6 is 0 Å². The predicted octanol–water partition coefficient (Wildman–Crippen LogP) is 2.34. The molecular formula is C23H28N4O3S. The summed E-state index contributed by atoms with van der Waals surface area (Å²) in [6.45, 7) is 1.87. The molecule has 7 nitrogen and oxygen atoms in total. The van der Waals surface area contributed by atoms with E-state index in [0.29, 0.717) is 38.0 Å². The molecule has 31 heavy (non-hydrogen) atoms. The van der Waals surface area contributed by atoms with Crippen LogP contribution in [0.5, 0.6) is 0 Å². The second-order valence-electron chi connectivity index (χ2n) is 8.04. The molecule has 0 saturated carbocycles. The van der Waals surface area contributed by atoms with Gasteiger partial charge in [0.05, 0.1) is 16.5 Å². The van der Waals surface area contributed by atoms with E-state index in [1.807, 2.05) is 38.4 Å². The van der Waals surface area contributed by atoms with Crippen LogP contribution in [-0.4, -0.2) is 50.7 Å². The summed E-state index contributed by atoms with van der Waals surface area (Å²) in [6, 6.07) is 15.9. The van der Waals surface area contributed by atoms with Crippen molar-refractivity contribution in [3.05, 3.63) is 65.2 Å². The van der Waals surface area contributed by atoms with Crippen molar-refractivity contribution in [3.63, 3.8) is 0 Å². The van der Waals surface area contributed by atoms with Gasteiger partial charge in [0, 0.05) is 32.1 Å². The fourth-order valence-electron chi connectivity index (χ4n) is 3.76. The quantitative estimate of drug-likeness (QED) is 0.713. The molecule has 8 heteroatoms. The van der Waals surface area contributed by atoms with Crippen molar-refractivity contribution in [2.75, 3.05) is 27.2 Å². The molecule has 1 aliphatic heterocycles. The lowest BCUT2D eigenvalue weighted by molar-refractivity contribution is -0.126. The smallest absolute Gasteiger partial charge is 0.243 e. The molecular weight excluding hydrogens is 412 g/mol. The molecule has 0 aliphatic carbocycles. The summed E-state index contributed by atoms with van der Waals surface area (Å²) in [7, 11) is 0.397. The maximum atomic E-state index is 12.8. The van der Waals surface area contributed by atoms with Gasteiger partial charge < -0.3 is 10.2 Å². The molecule has 1 aliphatic rings. The van der Waals surface area contributed by atoms with Crippen molar-refractivity contribution >= 4 is 15.9 Å². The van der Waals surface area contributed by atoms with Gasteiger partial charge in [-0.2, -0.15) is 9.57 Å². The van der Waals surface area contributed by atoms with E-state index in [4.69, 9.17) is 5.26 Å². The van der Waals surface area contributed by atoms with Crippen molar-refractivity contribution in [2.45, 2.75) is 30.8 Å². The minimum Gasteiger partial charge on any atom is -0.352 e. The number of amides is 1. The first-order valence-electron chi connectivity index (χ1n) is 10.3. The molecule has 0 unspecified atom stereocenters. The number of carbonyl (C=O) groups is 1. The summed E-state index contributed by atoms with van der Waals surface area (Å²) in [6.07, 6.45) is 0.974. The molecule has 0 bridgehead atoms. The lowest BCUT2D eigenvalue weighted by Crippen LogP contribution is -2.42. The minimum atomic E-state index is -3.62. The number of piperidine rings is 1. The molecule has 1 heterocycles. The number of sulfonamides is 1. The van der Waals surface area contributed by atoms with Crippen LogP contribution in [0, 0.1) is 17.2 Å². The Morgan fingerprint density at radius 2 is 1.71 bits per heavy atom. The Balaban J connectivity index is 1.56. The van der Waals surface area contributed by atoms with Gasteiger partial charge in [0.1, 0.15) is 0 Å². The molecule has 0 aromatic heterocycles. The van der Waals surface area contributed by atoms with Crippen molar-refractivity contribution in [1.29, 1.82) is 5.26 Å². The van der Waals surface area contributed by atoms with Crippen LogP contribution < -0.4 is 5.32 Å². The van der Waals surface area contributed by atoms with E-state index in [2.05, 4.69) is 16.3 Å². The predicted molar refractivity (Wildman–Crippen MR) is 118 cm³/mol. The molecule has 1 amide bonds. The van der Waals surface area contributed by atoms with Crippen molar-refractivity contribution < 1.29 is 13.2 Å². The summed E-state index contributed by atoms with van der Waals surface area (Å²) >= 11 is 0. The Morgan fingerprint density at radius 1 is 1.10 bits per heavy atom. The van der Waals surface area contributed by atoms with Crippen LogP contribution in [0.2, 0.25) is 0 Å². The van der Waals surface area contributed by atoms with E-state index in [1.54, 1.807) is 0 Å². The van der Waals surface area contributed by atoms with Gasteiger partial charge in [-0.1, -0.05) is 24.3 Å². The van der Waals surface area contributed by atoms with Crippen LogP contribution in [0.4, 0.5) is 0 Å². The van der Waals surface area contributed by atoms with Gasteiger partial charge in [-0.05, 0) is 62.3 Å². The van der Waals surface area contributed by atoms with Crippen LogP contribution in [0.3, 0.4) is 0 Å². The van der Waals surface area contributed by atoms with Gasteiger partial charge in [-0.15, -0.1) is 0 Å². The van der Waals surface area contributed by atoms with E-state index in [1.165, 1.54) is 34.1 Å². The summed E-state index contributed by atoms with van der Waals surface area (Å²) < 4.78 is 27.1. The number of nitrogens with one attached hydrogen (secondary N) is 1. The molecule has 164 valence electrons. The highest BCUT2D eigenvalue weighted by Crippen LogP contribution is 2.24. The first-order chi connectivity index (χ1) is 14.8. The Labute approximate surface area is 184 Å². The molecule has 0 spiro atoms. The Morgan fingerprint density at radius 3 is 2.29 bits per heavy atom. The second-order valence-corrected chi connectivity index (χ2v) is 9.98. The van der Waals surface area contributed by atoms with Gasteiger partial charge in [0.2, 0.25) is 15.9 Å². The average molecular weight is 441 g/mol. The third-order valence-electron chi connectivity index (χ3n) is 5.50. The highest BCUT2D eigenvalue weighted by atomic mass is 32.2. The Bertz CT molecular complexity index is 1050. The number of hydrogen-bond acceptors (Lipinski definition) is 5. The van der Waals surface area contributed by atoms with Crippen LogP contribution in [0.1, 0.15) is 29.5 Å². The maximum Gasteiger partial charge on any atom is 0.243 e. The zero-order valence-corrected chi connectivity index (χ0v) is 18.7. The average Bonchev–Trinajstić information content (AvgIpc) is 2.78. The largest absolute Gasteiger partial charge is 0.352 e. The molecule has 2 aromatic rings. The highest BCUT2D eigenvalue weighted by molar-refractivity contribution is 7.89. The monoisotopic (exact) mass is 440 g/mol. The van der Waals surface area contributed by atoms with Gasteiger partial charge in [0.25, 0.3) is 0 Å². The highest BCUT2D eigenvalue weighted by Gasteiger charge is 2.32. The lowest BCUT2D eigenvalue weighted by atomic mass is 9.97. The second kappa shape index (κ2) is 10.1. The SMILES string of the molecule is CN(C)Cc1ccccc1CNC(=O)C1CCN(S(=O)(=O)c2ccc(C#N)cc2)CC1. The summed E-state index contributed by atoms with van der Waals surface area (Å²) in [4.78, 5) is 14.9. The minimum absolute atomic E-state index is 0.0323. The summed E-state index contributed by atoms with van der Waals surface area (Å²) in [5.74, 6) is -0.233. The first kappa shape index (κ1) is 22.9. The van der Waals surface area contributed by atoms with E-state index in [-0.39, 0.29) is 16.7 Å². The van der Waals surface area contributed by atoms with E-state index < -0.39 is 10.0 Å². The Kier molecular flexibility index (Phi) is 7.44. The number of carbonyl (C=O) groups excluding carboxylic acids is 1. The molecule has 1 fully saturated rings. The summed E-state index contributed by atoms with van der Waals surface area (Å²) in [5, 5.41) is 11.9. The van der Waals surface area contributed by atoms with Gasteiger partial charge in [0.15, 0.2) is 0 Å². The van der Waals surface area contributed by atoms with Crippen molar-refractivity contribution in [3.8, 4) is 6.07 Å². The van der Waals surface area contributed by atoms with E-state index in [0.717, 1.165) is 12.1 Å². The van der Waals surface area contributed by atoms with Crippen molar-refractivity contribution in [1.82, 2.24) is 14.5 Å². The molecule has 2 aromatic carbocycles. The fraction of sp³-hybridized carbons (Fsp3) is 0.391. The number of hydrogen-bond donors (Lipinski definition) is 1. The number of nitriles is 1. The maximum absolute atomic E-state index is 12.8. The summed E-state index contributed by atoms with van der Waals surface area (Å²) in [5.41, 5.74) is 2.68. The molecule has 1 saturated heterocycles. The van der Waals surface area contributed by atoms with Crippen LogP contribution in [-0.2, 0) is 27.9 Å². The molecule has 1 N–H and O–H groups in total. The van der Waals surface area contributed by atoms with E-state index >= 15 is 0 Å². The first-order valence-corrected chi connectivity index (χ1v) is 11.7. The number of nitrogens with zero attached hydrogens (tertiary/aromatic N) is 3. The topological polar surface area (TPSA) is 93.5 Å². The number of benzene rings is 2. The van der Waals surface area contributed by atoms with E-state index in [9.17, 15) is 13.2 Å². The normalized spacial score (nSPS) is 15.5. The third kappa shape index (κ3) is 5.70. The molecule has 0 atom stereocenters. The van der Waals surface area contributed by atoms with Gasteiger partial charge in [-0.3, -0.25) is 4.79 Å². The lowest BCUT2D eigenvalue weighted by Gasteiger charge is -2.30. The zero-order chi connectivity index (χ0) is 22.4. The zero-order valence-electron chi connectivity index (χ0n) is 17.9. The fourth-order valence-corrected chi connectivity index (χ4v) is 5.23. The standard InChI is InChI=1S/C23H28N4O3S/c1-26(2)17-21-6-4-3-5-20(21)16-25-23(28)19-11-13-27(14-12-19)31(29,30)22-9-7-18(15-24)8-10-22/h3-10,19H,11-14,16-17H2,1-2H3,(H,25,28). The molecule has 3 rings (SSSR count). The third-order valence-corrected chi connectivity index (χ3v) is 7.42.